The molecule has 0 spiro atoms. The third kappa shape index (κ3) is 5.68. The summed E-state index contributed by atoms with van der Waals surface area (Å²) in [4.78, 5) is 0. The summed E-state index contributed by atoms with van der Waals surface area (Å²) in [6.45, 7) is 15.4. The molecular weight excluding hydrogens is 236 g/mol. The lowest BCUT2D eigenvalue weighted by Gasteiger charge is -2.40. The lowest BCUT2D eigenvalue weighted by Crippen LogP contribution is -2.65. The molecule has 108 valence electrons. The Hall–Kier alpha value is -0.123. The third-order valence-corrected chi connectivity index (χ3v) is 5.92. The van der Waals surface area contributed by atoms with Gasteiger partial charge < -0.3 is 0 Å². The van der Waals surface area contributed by atoms with Crippen molar-refractivity contribution in [3.63, 3.8) is 0 Å². The second-order valence-electron chi connectivity index (χ2n) is 5.24. The summed E-state index contributed by atoms with van der Waals surface area (Å²) in [5.74, 6) is 0. The number of rotatable bonds is 11. The van der Waals surface area contributed by atoms with Crippen LogP contribution in [-0.4, -0.2) is 26.9 Å². The SMILES string of the molecule is C=C[SiH2]C(CC)(NC(CC)CC)NC(CC)CC. The molecule has 0 fully saturated rings. The fourth-order valence-corrected chi connectivity index (χ4v) is 4.12. The molecule has 0 amide bonds. The molecule has 0 aliphatic carbocycles. The first-order chi connectivity index (χ1) is 8.61. The highest BCUT2D eigenvalue weighted by Gasteiger charge is 2.30. The molecule has 2 nitrogen and oxygen atoms in total. The van der Waals surface area contributed by atoms with Crippen LogP contribution in [0.15, 0.2) is 12.3 Å². The van der Waals surface area contributed by atoms with Crippen LogP contribution in [0.2, 0.25) is 0 Å². The first-order valence-electron chi connectivity index (χ1n) is 7.77. The van der Waals surface area contributed by atoms with E-state index in [1.54, 1.807) is 0 Å². The van der Waals surface area contributed by atoms with E-state index >= 15 is 0 Å². The Bertz CT molecular complexity index is 197. The van der Waals surface area contributed by atoms with Gasteiger partial charge in [0.25, 0.3) is 0 Å². The van der Waals surface area contributed by atoms with Crippen LogP contribution >= 0.6 is 0 Å². The Morgan fingerprint density at radius 1 is 0.944 bits per heavy atom. The smallest absolute Gasteiger partial charge is 0.0858 e. The van der Waals surface area contributed by atoms with Gasteiger partial charge in [-0.1, -0.05) is 34.6 Å². The van der Waals surface area contributed by atoms with Crippen LogP contribution in [0.3, 0.4) is 0 Å². The van der Waals surface area contributed by atoms with Gasteiger partial charge in [0.05, 0.1) is 14.8 Å². The summed E-state index contributed by atoms with van der Waals surface area (Å²) in [6, 6.07) is 1.25. The average molecular weight is 271 g/mol. The molecular formula is C15H34N2Si. The van der Waals surface area contributed by atoms with Gasteiger partial charge >= 0.3 is 0 Å². The predicted molar refractivity (Wildman–Crippen MR) is 86.8 cm³/mol. The Morgan fingerprint density at radius 2 is 1.33 bits per heavy atom. The molecule has 0 aromatic heterocycles. The number of hydrogen-bond acceptors (Lipinski definition) is 2. The van der Waals surface area contributed by atoms with E-state index in [4.69, 9.17) is 0 Å². The van der Waals surface area contributed by atoms with Crippen molar-refractivity contribution in [3.05, 3.63) is 12.3 Å². The minimum Gasteiger partial charge on any atom is -0.300 e. The zero-order valence-corrected chi connectivity index (χ0v) is 14.6. The van der Waals surface area contributed by atoms with Crippen LogP contribution in [-0.2, 0) is 0 Å². The quantitative estimate of drug-likeness (QED) is 0.446. The first kappa shape index (κ1) is 17.9. The molecule has 0 aromatic rings. The topological polar surface area (TPSA) is 24.1 Å². The van der Waals surface area contributed by atoms with Gasteiger partial charge in [0.2, 0.25) is 0 Å². The maximum absolute atomic E-state index is 3.99. The van der Waals surface area contributed by atoms with E-state index in [0.717, 1.165) is 6.42 Å². The highest BCUT2D eigenvalue weighted by molar-refractivity contribution is 6.46. The summed E-state index contributed by atoms with van der Waals surface area (Å²) in [5.41, 5.74) is 2.17. The predicted octanol–water partition coefficient (Wildman–Crippen LogP) is 2.92. The van der Waals surface area contributed by atoms with Crippen molar-refractivity contribution >= 4 is 9.52 Å². The normalized spacial score (nSPS) is 13.1. The van der Waals surface area contributed by atoms with E-state index in [2.05, 4.69) is 57.5 Å². The van der Waals surface area contributed by atoms with Gasteiger partial charge in [-0.05, 0) is 32.1 Å². The summed E-state index contributed by atoms with van der Waals surface area (Å²) in [7, 11) is -0.352. The van der Waals surface area contributed by atoms with Crippen molar-refractivity contribution in [2.75, 3.05) is 0 Å². The maximum atomic E-state index is 3.99. The molecule has 0 unspecified atom stereocenters. The van der Waals surface area contributed by atoms with Gasteiger partial charge in [0.15, 0.2) is 0 Å². The second kappa shape index (κ2) is 9.76. The molecule has 0 aromatic carbocycles. The molecule has 3 heteroatoms. The van der Waals surface area contributed by atoms with Crippen LogP contribution in [0, 0.1) is 0 Å². The Labute approximate surface area is 117 Å². The standard InChI is InChI=1S/C15H34N2Si/c1-7-13(8-2)16-15(11-5,18-12-6)17-14(9-3)10-4/h12-14,16-17H,6-11,18H2,1-5H3. The summed E-state index contributed by atoms with van der Waals surface area (Å²) in [6.07, 6.45) is 5.96. The van der Waals surface area contributed by atoms with Crippen LogP contribution in [0.4, 0.5) is 0 Å². The highest BCUT2D eigenvalue weighted by Crippen LogP contribution is 2.13. The number of hydrogen-bond donors (Lipinski definition) is 2. The molecule has 0 saturated carbocycles. The van der Waals surface area contributed by atoms with Crippen LogP contribution in [0.1, 0.15) is 66.7 Å². The average Bonchev–Trinajstić information content (AvgIpc) is 2.42. The van der Waals surface area contributed by atoms with E-state index in [1.807, 2.05) is 0 Å². The van der Waals surface area contributed by atoms with Crippen molar-refractivity contribution in [1.29, 1.82) is 0 Å². The fourth-order valence-electron chi connectivity index (χ4n) is 2.52. The Balaban J connectivity index is 4.83. The molecule has 0 saturated heterocycles. The summed E-state index contributed by atoms with van der Waals surface area (Å²) in [5, 5.41) is 7.95. The zero-order valence-electron chi connectivity index (χ0n) is 13.2. The fraction of sp³-hybridized carbons (Fsp3) is 0.867. The van der Waals surface area contributed by atoms with Crippen molar-refractivity contribution in [3.8, 4) is 0 Å². The van der Waals surface area contributed by atoms with E-state index in [1.165, 1.54) is 25.7 Å². The Morgan fingerprint density at radius 3 is 1.56 bits per heavy atom. The molecule has 0 rings (SSSR count). The van der Waals surface area contributed by atoms with Crippen LogP contribution < -0.4 is 10.6 Å². The van der Waals surface area contributed by atoms with Crippen LogP contribution in [0.5, 0.6) is 0 Å². The second-order valence-corrected chi connectivity index (χ2v) is 7.44. The molecule has 0 aliphatic rings. The lowest BCUT2D eigenvalue weighted by molar-refractivity contribution is 0.266. The molecule has 0 bridgehead atoms. The molecule has 2 N–H and O–H groups in total. The van der Waals surface area contributed by atoms with E-state index < -0.39 is 0 Å². The van der Waals surface area contributed by atoms with Crippen molar-refractivity contribution in [1.82, 2.24) is 10.6 Å². The Kier molecular flexibility index (Phi) is 9.69. The monoisotopic (exact) mass is 270 g/mol. The maximum Gasteiger partial charge on any atom is 0.0858 e. The van der Waals surface area contributed by atoms with Gasteiger partial charge in [-0.2, -0.15) is 0 Å². The van der Waals surface area contributed by atoms with Gasteiger partial charge in [0, 0.05) is 12.1 Å². The molecule has 0 atom stereocenters. The molecule has 0 heterocycles. The summed E-state index contributed by atoms with van der Waals surface area (Å²) >= 11 is 0. The number of nitrogens with one attached hydrogen (secondary N) is 2. The van der Waals surface area contributed by atoms with Crippen molar-refractivity contribution in [2.45, 2.75) is 84.1 Å². The zero-order chi connectivity index (χ0) is 14.0. The van der Waals surface area contributed by atoms with E-state index in [0.29, 0.717) is 12.1 Å². The van der Waals surface area contributed by atoms with Gasteiger partial charge in [-0.25, -0.2) is 0 Å². The van der Waals surface area contributed by atoms with E-state index in [-0.39, 0.29) is 14.8 Å². The third-order valence-electron chi connectivity index (χ3n) is 4.03. The van der Waals surface area contributed by atoms with Crippen molar-refractivity contribution < 1.29 is 0 Å². The minimum absolute atomic E-state index is 0.162. The first-order valence-corrected chi connectivity index (χ1v) is 9.29. The summed E-state index contributed by atoms with van der Waals surface area (Å²) < 4.78 is 0. The molecule has 0 aliphatic heterocycles. The van der Waals surface area contributed by atoms with Gasteiger partial charge in [0.1, 0.15) is 0 Å². The largest absolute Gasteiger partial charge is 0.300 e. The van der Waals surface area contributed by atoms with E-state index in [9.17, 15) is 0 Å². The molecule has 0 radical (unpaired) electrons. The van der Waals surface area contributed by atoms with Gasteiger partial charge in [-0.15, -0.1) is 12.3 Å². The van der Waals surface area contributed by atoms with Crippen LogP contribution in [0.25, 0.3) is 0 Å². The minimum atomic E-state index is -0.352. The van der Waals surface area contributed by atoms with Crippen molar-refractivity contribution in [2.24, 2.45) is 0 Å². The molecule has 18 heavy (non-hydrogen) atoms. The highest BCUT2D eigenvalue weighted by atomic mass is 28.2. The van der Waals surface area contributed by atoms with Gasteiger partial charge in [-0.3, -0.25) is 10.6 Å². The lowest BCUT2D eigenvalue weighted by atomic mass is 10.1.